The summed E-state index contributed by atoms with van der Waals surface area (Å²) in [6.45, 7) is 6.28. The number of amides is 1. The third kappa shape index (κ3) is 3.84. The fourth-order valence-corrected chi connectivity index (χ4v) is 2.93. The summed E-state index contributed by atoms with van der Waals surface area (Å²) in [5.41, 5.74) is 1.20. The molecule has 0 bridgehead atoms. The van der Waals surface area contributed by atoms with Gasteiger partial charge in [0.25, 0.3) is 0 Å². The normalized spacial score (nSPS) is 22.4. The summed E-state index contributed by atoms with van der Waals surface area (Å²) in [6, 6.07) is 10.2. The molecule has 114 valence electrons. The predicted octanol–water partition coefficient (Wildman–Crippen LogP) is 2.58. The molecule has 1 aromatic carbocycles. The van der Waals surface area contributed by atoms with Crippen molar-refractivity contribution in [2.45, 2.75) is 45.1 Å². The van der Waals surface area contributed by atoms with E-state index in [1.807, 2.05) is 25.1 Å². The minimum Gasteiger partial charge on any atom is -0.481 e. The molecule has 1 fully saturated rings. The molecular weight excluding hydrogens is 266 g/mol. The zero-order valence-electron chi connectivity index (χ0n) is 12.8. The highest BCUT2D eigenvalue weighted by molar-refractivity contribution is 5.89. The molecule has 2 rings (SSSR count). The molecule has 0 aliphatic heterocycles. The number of aliphatic carboxylic acids is 1. The Balaban J connectivity index is 1.88. The van der Waals surface area contributed by atoms with Crippen LogP contribution in [-0.4, -0.2) is 23.0 Å². The van der Waals surface area contributed by atoms with Crippen molar-refractivity contribution in [3.05, 3.63) is 35.9 Å². The summed E-state index contributed by atoms with van der Waals surface area (Å²) in [5, 5.41) is 11.8. The highest BCUT2D eigenvalue weighted by Gasteiger charge is 2.48. The van der Waals surface area contributed by atoms with Gasteiger partial charge in [-0.05, 0) is 30.7 Å². The minimum absolute atomic E-state index is 0.0164. The lowest BCUT2D eigenvalue weighted by molar-refractivity contribution is -0.140. The van der Waals surface area contributed by atoms with Gasteiger partial charge in [0.1, 0.15) is 0 Å². The molecule has 0 spiro atoms. The van der Waals surface area contributed by atoms with Crippen LogP contribution in [0.1, 0.15) is 39.2 Å². The van der Waals surface area contributed by atoms with Gasteiger partial charge in [0.05, 0.1) is 11.8 Å². The van der Waals surface area contributed by atoms with Crippen molar-refractivity contribution in [1.29, 1.82) is 0 Å². The Hall–Kier alpha value is -1.84. The summed E-state index contributed by atoms with van der Waals surface area (Å²) in [7, 11) is 0. The van der Waals surface area contributed by atoms with E-state index in [9.17, 15) is 9.59 Å². The van der Waals surface area contributed by atoms with Crippen molar-refractivity contribution in [3.8, 4) is 0 Å². The Labute approximate surface area is 125 Å². The van der Waals surface area contributed by atoms with Crippen LogP contribution < -0.4 is 5.32 Å². The largest absolute Gasteiger partial charge is 0.481 e. The van der Waals surface area contributed by atoms with Gasteiger partial charge in [0.2, 0.25) is 5.91 Å². The number of nitrogens with one attached hydrogen (secondary N) is 1. The van der Waals surface area contributed by atoms with E-state index in [0.29, 0.717) is 6.42 Å². The number of carboxylic acids is 1. The van der Waals surface area contributed by atoms with Gasteiger partial charge >= 0.3 is 5.97 Å². The molecule has 3 unspecified atom stereocenters. The second-order valence-corrected chi connectivity index (χ2v) is 6.65. The summed E-state index contributed by atoms with van der Waals surface area (Å²) < 4.78 is 0. The van der Waals surface area contributed by atoms with Crippen molar-refractivity contribution in [2.24, 2.45) is 11.8 Å². The van der Waals surface area contributed by atoms with Crippen molar-refractivity contribution in [3.63, 3.8) is 0 Å². The van der Waals surface area contributed by atoms with Gasteiger partial charge in [0, 0.05) is 6.04 Å². The Morgan fingerprint density at radius 2 is 1.90 bits per heavy atom. The van der Waals surface area contributed by atoms with Gasteiger partial charge in [-0.15, -0.1) is 0 Å². The van der Waals surface area contributed by atoms with Gasteiger partial charge in [-0.25, -0.2) is 0 Å². The maximum Gasteiger partial charge on any atom is 0.307 e. The third-order valence-electron chi connectivity index (χ3n) is 4.20. The number of hydrogen-bond donors (Lipinski definition) is 2. The average Bonchev–Trinajstić information content (AvgIpc) is 3.19. The van der Waals surface area contributed by atoms with Crippen LogP contribution in [0.3, 0.4) is 0 Å². The highest BCUT2D eigenvalue weighted by atomic mass is 16.4. The van der Waals surface area contributed by atoms with E-state index in [-0.39, 0.29) is 23.3 Å². The van der Waals surface area contributed by atoms with Crippen molar-refractivity contribution < 1.29 is 14.7 Å². The monoisotopic (exact) mass is 289 g/mol. The molecular formula is C17H23NO3. The zero-order valence-corrected chi connectivity index (χ0v) is 12.8. The summed E-state index contributed by atoms with van der Waals surface area (Å²) in [6.07, 6.45) is 1.28. The van der Waals surface area contributed by atoms with Gasteiger partial charge in [-0.3, -0.25) is 9.59 Å². The molecule has 2 N–H and O–H groups in total. The number of carbonyl (C=O) groups is 2. The van der Waals surface area contributed by atoms with Crippen LogP contribution in [0, 0.1) is 11.8 Å². The number of hydrogen-bond acceptors (Lipinski definition) is 2. The molecule has 4 nitrogen and oxygen atoms in total. The van der Waals surface area contributed by atoms with Gasteiger partial charge in [-0.1, -0.05) is 44.2 Å². The lowest BCUT2D eigenvalue weighted by atomic mass is 9.79. The van der Waals surface area contributed by atoms with Crippen LogP contribution >= 0.6 is 0 Å². The second kappa shape index (κ2) is 5.88. The molecule has 0 saturated heterocycles. The van der Waals surface area contributed by atoms with Crippen molar-refractivity contribution in [1.82, 2.24) is 5.32 Å². The van der Waals surface area contributed by atoms with Crippen LogP contribution in [-0.2, 0) is 15.0 Å². The molecule has 1 aromatic rings. The first-order valence-corrected chi connectivity index (χ1v) is 7.40. The van der Waals surface area contributed by atoms with E-state index in [0.717, 1.165) is 6.42 Å². The topological polar surface area (TPSA) is 66.4 Å². The van der Waals surface area contributed by atoms with Crippen LogP contribution in [0.2, 0.25) is 0 Å². The fraction of sp³-hybridized carbons (Fsp3) is 0.529. The number of carbonyl (C=O) groups excluding carboxylic acids is 1. The van der Waals surface area contributed by atoms with E-state index < -0.39 is 11.9 Å². The van der Waals surface area contributed by atoms with Gasteiger partial charge in [-0.2, -0.15) is 0 Å². The van der Waals surface area contributed by atoms with Crippen molar-refractivity contribution in [2.75, 3.05) is 0 Å². The first-order valence-electron chi connectivity index (χ1n) is 7.40. The number of carboxylic acid groups (broad SMARTS) is 1. The van der Waals surface area contributed by atoms with Crippen LogP contribution in [0.25, 0.3) is 0 Å². The fourth-order valence-electron chi connectivity index (χ4n) is 2.93. The lowest BCUT2D eigenvalue weighted by Crippen LogP contribution is -2.38. The Kier molecular flexibility index (Phi) is 4.35. The molecule has 1 amide bonds. The standard InChI is InChI=1S/C17H23NO3/c1-11(18-15(19)13-9-14(13)16(20)21)10-17(2,3)12-7-5-4-6-8-12/h4-8,11,13-14H,9-10H2,1-3H3,(H,18,19)(H,20,21). The molecule has 21 heavy (non-hydrogen) atoms. The quantitative estimate of drug-likeness (QED) is 0.846. The number of rotatable bonds is 6. The van der Waals surface area contributed by atoms with Crippen LogP contribution in [0.5, 0.6) is 0 Å². The van der Waals surface area contributed by atoms with Gasteiger partial charge < -0.3 is 10.4 Å². The second-order valence-electron chi connectivity index (χ2n) is 6.65. The number of benzene rings is 1. The van der Waals surface area contributed by atoms with E-state index in [4.69, 9.17) is 5.11 Å². The molecule has 0 radical (unpaired) electrons. The molecule has 4 heteroatoms. The highest BCUT2D eigenvalue weighted by Crippen LogP contribution is 2.39. The maximum atomic E-state index is 12.0. The molecule has 1 aliphatic rings. The van der Waals surface area contributed by atoms with E-state index >= 15 is 0 Å². The molecule has 3 atom stereocenters. The molecule has 0 heterocycles. The van der Waals surface area contributed by atoms with Crippen LogP contribution in [0.15, 0.2) is 30.3 Å². The SMILES string of the molecule is CC(CC(C)(C)c1ccccc1)NC(=O)C1CC1C(=O)O. The molecule has 0 aromatic heterocycles. The Morgan fingerprint density at radius 3 is 2.43 bits per heavy atom. The predicted molar refractivity (Wildman–Crippen MR) is 80.9 cm³/mol. The first-order chi connectivity index (χ1) is 9.81. The maximum absolute atomic E-state index is 12.0. The lowest BCUT2D eigenvalue weighted by Gasteiger charge is -2.29. The molecule has 1 saturated carbocycles. The average molecular weight is 289 g/mol. The Bertz CT molecular complexity index is 524. The zero-order chi connectivity index (χ0) is 15.6. The smallest absolute Gasteiger partial charge is 0.307 e. The summed E-state index contributed by atoms with van der Waals surface area (Å²) in [4.78, 5) is 22.8. The van der Waals surface area contributed by atoms with E-state index in [1.165, 1.54) is 5.56 Å². The third-order valence-corrected chi connectivity index (χ3v) is 4.20. The van der Waals surface area contributed by atoms with Crippen LogP contribution in [0.4, 0.5) is 0 Å². The first kappa shape index (κ1) is 15.5. The summed E-state index contributed by atoms with van der Waals surface area (Å²) in [5.74, 6) is -1.82. The van der Waals surface area contributed by atoms with E-state index in [1.54, 1.807) is 0 Å². The van der Waals surface area contributed by atoms with Gasteiger partial charge in [0.15, 0.2) is 0 Å². The summed E-state index contributed by atoms with van der Waals surface area (Å²) >= 11 is 0. The van der Waals surface area contributed by atoms with E-state index in [2.05, 4.69) is 31.3 Å². The van der Waals surface area contributed by atoms with Crippen molar-refractivity contribution >= 4 is 11.9 Å². The minimum atomic E-state index is -0.868. The molecule has 1 aliphatic carbocycles. The Morgan fingerprint density at radius 1 is 1.29 bits per heavy atom.